The molecule has 0 radical (unpaired) electrons. The van der Waals surface area contributed by atoms with Crippen LogP contribution in [0.5, 0.6) is 0 Å². The van der Waals surface area contributed by atoms with Gasteiger partial charge in [0, 0.05) is 78.5 Å². The highest BCUT2D eigenvalue weighted by Crippen LogP contribution is 2.36. The zero-order valence-electron chi connectivity index (χ0n) is 33.8. The summed E-state index contributed by atoms with van der Waals surface area (Å²) >= 11 is 0. The van der Waals surface area contributed by atoms with Crippen molar-refractivity contribution in [2.45, 2.75) is 77.4 Å². The summed E-state index contributed by atoms with van der Waals surface area (Å²) in [7, 11) is 0. The molecule has 0 spiro atoms. The number of rotatable bonds is 10. The number of nitrogens with one attached hydrogen (secondary N) is 3. The summed E-state index contributed by atoms with van der Waals surface area (Å²) in [6.07, 6.45) is 6.20. The lowest BCUT2D eigenvalue weighted by atomic mass is 9.97. The van der Waals surface area contributed by atoms with Gasteiger partial charge in [0.25, 0.3) is 11.7 Å². The van der Waals surface area contributed by atoms with E-state index in [1.165, 1.54) is 5.56 Å². The van der Waals surface area contributed by atoms with Crippen LogP contribution < -0.4 is 20.4 Å². The molecule has 4 amide bonds. The molecular formula is C44H47N11O4. The van der Waals surface area contributed by atoms with Gasteiger partial charge in [-0.2, -0.15) is 10.1 Å². The molecule has 2 unspecified atom stereocenters. The number of urea groups is 1. The first-order chi connectivity index (χ1) is 28.4. The Labute approximate surface area is 341 Å². The van der Waals surface area contributed by atoms with E-state index in [0.29, 0.717) is 36.6 Å². The molecule has 7 heterocycles. The normalized spacial score (nSPS) is 18.8. The molecule has 3 aliphatic rings. The van der Waals surface area contributed by atoms with Crippen molar-refractivity contribution in [3.8, 4) is 22.5 Å². The average molecular weight is 794 g/mol. The molecular weight excluding hydrogens is 747 g/mol. The minimum Gasteiger partial charge on any atom is -0.364 e. The number of H-pyrrole nitrogens is 1. The smallest absolute Gasteiger partial charge is 0.328 e. The fourth-order valence-electron chi connectivity index (χ4n) is 8.52. The van der Waals surface area contributed by atoms with Crippen molar-refractivity contribution in [2.24, 2.45) is 0 Å². The number of fused-ring (bicyclic) bond motifs is 3. The predicted octanol–water partition coefficient (Wildman–Crippen LogP) is 6.12. The van der Waals surface area contributed by atoms with Gasteiger partial charge in [0.15, 0.2) is 5.65 Å². The number of amides is 4. The molecule has 15 heteroatoms. The van der Waals surface area contributed by atoms with Crippen LogP contribution in [0.1, 0.15) is 79.8 Å². The number of aromatic amines is 1. The van der Waals surface area contributed by atoms with Gasteiger partial charge < -0.3 is 14.7 Å². The lowest BCUT2D eigenvalue weighted by molar-refractivity contribution is -0.120. The van der Waals surface area contributed by atoms with Crippen molar-refractivity contribution in [3.63, 3.8) is 0 Å². The van der Waals surface area contributed by atoms with Gasteiger partial charge in [-0.25, -0.2) is 9.78 Å². The third kappa shape index (κ3) is 7.53. The van der Waals surface area contributed by atoms with E-state index >= 15 is 0 Å². The minimum atomic E-state index is -0.391. The highest BCUT2D eigenvalue weighted by molar-refractivity contribution is 6.05. The minimum absolute atomic E-state index is 0.0163. The van der Waals surface area contributed by atoms with Crippen molar-refractivity contribution in [3.05, 3.63) is 101 Å². The summed E-state index contributed by atoms with van der Waals surface area (Å²) in [6, 6.07) is 20.8. The second-order valence-corrected chi connectivity index (χ2v) is 16.9. The van der Waals surface area contributed by atoms with Crippen LogP contribution in [-0.4, -0.2) is 91.3 Å². The van der Waals surface area contributed by atoms with Crippen LogP contribution in [0.15, 0.2) is 77.6 Å². The zero-order chi connectivity index (χ0) is 41.0. The van der Waals surface area contributed by atoms with Gasteiger partial charge in [-0.1, -0.05) is 50.2 Å². The number of anilines is 2. The second-order valence-electron chi connectivity index (χ2n) is 16.9. The Morgan fingerprint density at radius 3 is 2.47 bits per heavy atom. The molecule has 6 aromatic rings. The number of hydrogen-bond donors (Lipinski definition) is 3. The number of imide groups is 1. The third-order valence-corrected chi connectivity index (χ3v) is 11.8. The molecule has 9 rings (SSSR count). The zero-order valence-corrected chi connectivity index (χ0v) is 33.8. The lowest BCUT2D eigenvalue weighted by Crippen LogP contribution is -2.49. The van der Waals surface area contributed by atoms with Crippen molar-refractivity contribution >= 4 is 40.3 Å². The summed E-state index contributed by atoms with van der Waals surface area (Å²) in [5, 5.41) is 17.9. The van der Waals surface area contributed by atoms with Crippen LogP contribution >= 0.6 is 0 Å². The Morgan fingerprint density at radius 1 is 0.966 bits per heavy atom. The van der Waals surface area contributed by atoms with E-state index in [1.807, 2.05) is 71.3 Å². The topological polar surface area (TPSA) is 178 Å². The molecule has 3 saturated heterocycles. The molecule has 302 valence electrons. The van der Waals surface area contributed by atoms with E-state index in [-0.39, 0.29) is 29.2 Å². The Bertz CT molecular complexity index is 2560. The monoisotopic (exact) mass is 793 g/mol. The summed E-state index contributed by atoms with van der Waals surface area (Å²) in [6.45, 7) is 13.2. The van der Waals surface area contributed by atoms with Gasteiger partial charge in [0.05, 0.1) is 23.6 Å². The molecule has 3 N–H and O–H groups in total. The van der Waals surface area contributed by atoms with E-state index in [9.17, 15) is 14.4 Å². The molecule has 15 nitrogen and oxygen atoms in total. The van der Waals surface area contributed by atoms with Crippen molar-refractivity contribution < 1.29 is 18.9 Å². The quantitative estimate of drug-likeness (QED) is 0.146. The van der Waals surface area contributed by atoms with Crippen LogP contribution in [0.3, 0.4) is 0 Å². The van der Waals surface area contributed by atoms with Gasteiger partial charge in [-0.15, -0.1) is 0 Å². The summed E-state index contributed by atoms with van der Waals surface area (Å²) in [4.78, 5) is 57.2. The molecule has 0 aliphatic carbocycles. The Balaban J connectivity index is 0.818. The van der Waals surface area contributed by atoms with Crippen LogP contribution in [0.25, 0.3) is 33.5 Å². The first kappa shape index (κ1) is 38.1. The highest BCUT2D eigenvalue weighted by atomic mass is 16.5. The third-order valence-electron chi connectivity index (χ3n) is 11.8. The number of hydrogen-bond acceptors (Lipinski definition) is 11. The van der Waals surface area contributed by atoms with E-state index in [4.69, 9.17) is 9.51 Å². The number of nitrogens with zero attached hydrogens (tertiary/aromatic N) is 8. The van der Waals surface area contributed by atoms with Gasteiger partial charge in [0.1, 0.15) is 5.69 Å². The van der Waals surface area contributed by atoms with E-state index in [1.54, 1.807) is 4.90 Å². The first-order valence-electron chi connectivity index (χ1n) is 20.2. The largest absolute Gasteiger partial charge is 0.364 e. The Kier molecular flexibility index (Phi) is 9.70. The van der Waals surface area contributed by atoms with Gasteiger partial charge in [-0.3, -0.25) is 34.8 Å². The summed E-state index contributed by atoms with van der Waals surface area (Å²) in [5.74, 6) is -0.187. The summed E-state index contributed by atoms with van der Waals surface area (Å²) < 4.78 is 5.31. The maximum Gasteiger partial charge on any atom is 0.328 e. The number of piperazine rings is 1. The van der Waals surface area contributed by atoms with Crippen molar-refractivity contribution in [2.75, 3.05) is 36.0 Å². The Morgan fingerprint density at radius 2 is 1.78 bits per heavy atom. The standard InChI is InChI=1S/C44H47N11O4/c1-25-18-28(8-12-34(25)26(2)47-41(57)40-49-42(59-52-40)44(3,4)5)38-35-19-29(21-46-39(35)51-50-38)36-13-11-31(22-45-36)55-24-32-20-33(55)23-53(32)16-14-27-6-9-30(10-7-27)54-17-15-37(56)48-43(54)58/h6-13,18-19,21-22,26,32-33H,14-17,20,23-24H2,1-5H3,(H,47,57)(H,46,50,51)(H,48,56,58)/t26-,32?,33?/m1/s1. The maximum absolute atomic E-state index is 12.9. The SMILES string of the molecule is Cc1cc(-c2n[nH]c3ncc(-c4ccc(N5CC6CC5CN6CCc5ccc(N6CCC(=O)NC6=O)cc5)cn4)cc23)ccc1[C@@H](C)NC(=O)c1noc(C(C)(C)C)n1. The van der Waals surface area contributed by atoms with Crippen LogP contribution in [-0.2, 0) is 16.6 Å². The number of aromatic nitrogens is 6. The van der Waals surface area contributed by atoms with E-state index in [2.05, 4.69) is 82.2 Å². The van der Waals surface area contributed by atoms with E-state index < -0.39 is 5.91 Å². The number of likely N-dealkylation sites (tertiary alicyclic amines) is 1. The molecule has 59 heavy (non-hydrogen) atoms. The Hall–Kier alpha value is -6.48. The molecule has 3 atom stereocenters. The first-order valence-corrected chi connectivity index (χ1v) is 20.2. The average Bonchev–Trinajstić information content (AvgIpc) is 4.05. The van der Waals surface area contributed by atoms with Crippen LogP contribution in [0.4, 0.5) is 16.2 Å². The van der Waals surface area contributed by atoms with E-state index in [0.717, 1.165) is 82.9 Å². The molecule has 0 saturated carbocycles. The maximum atomic E-state index is 12.9. The number of aryl methyl sites for hydroxylation is 1. The van der Waals surface area contributed by atoms with Crippen molar-refractivity contribution in [1.29, 1.82) is 0 Å². The van der Waals surface area contributed by atoms with Crippen molar-refractivity contribution in [1.82, 2.24) is 45.8 Å². The molecule has 2 aromatic carbocycles. The fourth-order valence-corrected chi connectivity index (χ4v) is 8.52. The van der Waals surface area contributed by atoms with Crippen LogP contribution in [0, 0.1) is 6.92 Å². The highest BCUT2D eigenvalue weighted by Gasteiger charge is 2.43. The number of carbonyl (C=O) groups excluding carboxylic acids is 3. The number of benzene rings is 2. The lowest BCUT2D eigenvalue weighted by Gasteiger charge is -2.35. The summed E-state index contributed by atoms with van der Waals surface area (Å²) in [5.41, 5.74) is 8.96. The van der Waals surface area contributed by atoms with Gasteiger partial charge >= 0.3 is 6.03 Å². The number of pyridine rings is 2. The number of carbonyl (C=O) groups is 3. The molecule has 3 aliphatic heterocycles. The second kappa shape index (κ2) is 15.0. The van der Waals surface area contributed by atoms with Gasteiger partial charge in [-0.05, 0) is 79.8 Å². The predicted molar refractivity (Wildman–Crippen MR) is 223 cm³/mol. The van der Waals surface area contributed by atoms with Crippen LogP contribution in [0.2, 0.25) is 0 Å². The molecule has 2 bridgehead atoms. The molecule has 3 fully saturated rings. The fraction of sp³-hybridized carbons (Fsp3) is 0.364. The molecule has 4 aromatic heterocycles. The van der Waals surface area contributed by atoms with Gasteiger partial charge in [0.2, 0.25) is 11.8 Å².